The highest BCUT2D eigenvalue weighted by atomic mass is 32.2. The van der Waals surface area contributed by atoms with Gasteiger partial charge in [-0.15, -0.1) is 0 Å². The highest BCUT2D eigenvalue weighted by Crippen LogP contribution is 2.36. The number of nitrogens with zero attached hydrogens (tertiary/aromatic N) is 1. The standard InChI is InChI=1S/C24H25N3O3S/c1-3-16-7-5-6-8-21(16)26-23(29)15-31-24-20(14-25)19(13-22(28)27-24)17-9-11-18(12-10-17)30-4-2/h5-12,19H,3-4,13,15H2,1-2H3,(H,26,29)(H,27,28). The van der Waals surface area contributed by atoms with E-state index in [4.69, 9.17) is 4.74 Å². The first-order valence-corrected chi connectivity index (χ1v) is 11.2. The summed E-state index contributed by atoms with van der Waals surface area (Å²) in [5, 5.41) is 15.9. The summed E-state index contributed by atoms with van der Waals surface area (Å²) < 4.78 is 5.47. The second-order valence-corrected chi connectivity index (χ2v) is 7.99. The molecule has 1 heterocycles. The second kappa shape index (κ2) is 10.7. The van der Waals surface area contributed by atoms with Crippen LogP contribution in [0.25, 0.3) is 0 Å². The lowest BCUT2D eigenvalue weighted by molar-refractivity contribution is -0.121. The molecule has 0 saturated heterocycles. The number of hydrogen-bond donors (Lipinski definition) is 2. The smallest absolute Gasteiger partial charge is 0.234 e. The topological polar surface area (TPSA) is 91.2 Å². The van der Waals surface area contributed by atoms with Crippen LogP contribution in [0, 0.1) is 11.3 Å². The number of carbonyl (C=O) groups is 2. The van der Waals surface area contributed by atoms with Gasteiger partial charge in [0.1, 0.15) is 5.75 Å². The van der Waals surface area contributed by atoms with Crippen molar-refractivity contribution in [3.05, 3.63) is 70.3 Å². The minimum atomic E-state index is -0.346. The number of nitriles is 1. The van der Waals surface area contributed by atoms with E-state index in [-0.39, 0.29) is 29.9 Å². The fourth-order valence-corrected chi connectivity index (χ4v) is 4.33. The molecule has 2 aromatic carbocycles. The average molecular weight is 436 g/mol. The summed E-state index contributed by atoms with van der Waals surface area (Å²) in [7, 11) is 0. The number of carbonyl (C=O) groups excluding carboxylic acids is 2. The third kappa shape index (κ3) is 5.68. The van der Waals surface area contributed by atoms with Gasteiger partial charge < -0.3 is 15.4 Å². The molecule has 0 aliphatic carbocycles. The maximum atomic E-state index is 12.5. The van der Waals surface area contributed by atoms with E-state index in [2.05, 4.69) is 16.7 Å². The van der Waals surface area contributed by atoms with Crippen LogP contribution in [0.1, 0.15) is 37.3 Å². The van der Waals surface area contributed by atoms with Crippen molar-refractivity contribution in [3.8, 4) is 11.8 Å². The molecule has 2 N–H and O–H groups in total. The highest BCUT2D eigenvalue weighted by Gasteiger charge is 2.30. The summed E-state index contributed by atoms with van der Waals surface area (Å²) in [5.41, 5.74) is 3.18. The monoisotopic (exact) mass is 435 g/mol. The van der Waals surface area contributed by atoms with Gasteiger partial charge in [0.2, 0.25) is 11.8 Å². The molecule has 31 heavy (non-hydrogen) atoms. The van der Waals surface area contributed by atoms with E-state index in [9.17, 15) is 14.9 Å². The highest BCUT2D eigenvalue weighted by molar-refractivity contribution is 8.03. The van der Waals surface area contributed by atoms with E-state index in [1.165, 1.54) is 11.8 Å². The van der Waals surface area contributed by atoms with Gasteiger partial charge in [-0.05, 0) is 42.7 Å². The van der Waals surface area contributed by atoms with Crippen LogP contribution in [0.3, 0.4) is 0 Å². The molecule has 0 aromatic heterocycles. The van der Waals surface area contributed by atoms with Crippen molar-refractivity contribution >= 4 is 29.3 Å². The van der Waals surface area contributed by atoms with Crippen LogP contribution in [0.5, 0.6) is 5.75 Å². The van der Waals surface area contributed by atoms with Crippen molar-refractivity contribution in [1.82, 2.24) is 5.32 Å². The fraction of sp³-hybridized carbons (Fsp3) is 0.292. The number of amides is 2. The Balaban J connectivity index is 1.74. The molecule has 160 valence electrons. The van der Waals surface area contributed by atoms with Gasteiger partial charge in [-0.1, -0.05) is 49.0 Å². The van der Waals surface area contributed by atoms with Crippen LogP contribution in [-0.4, -0.2) is 24.2 Å². The van der Waals surface area contributed by atoms with Crippen LogP contribution in [0.2, 0.25) is 0 Å². The number of rotatable bonds is 8. The molecule has 0 bridgehead atoms. The zero-order valence-corrected chi connectivity index (χ0v) is 18.4. The number of aryl methyl sites for hydroxylation is 1. The number of nitrogens with one attached hydrogen (secondary N) is 2. The minimum absolute atomic E-state index is 0.0921. The van der Waals surface area contributed by atoms with Gasteiger partial charge in [0.05, 0.1) is 29.0 Å². The van der Waals surface area contributed by atoms with E-state index in [0.717, 1.165) is 29.0 Å². The molecule has 2 aromatic rings. The molecule has 3 rings (SSSR count). The molecule has 1 atom stereocenters. The largest absolute Gasteiger partial charge is 0.494 e. The van der Waals surface area contributed by atoms with Crippen LogP contribution in [-0.2, 0) is 16.0 Å². The van der Waals surface area contributed by atoms with Crippen LogP contribution >= 0.6 is 11.8 Å². The van der Waals surface area contributed by atoms with E-state index < -0.39 is 0 Å². The maximum Gasteiger partial charge on any atom is 0.234 e. The van der Waals surface area contributed by atoms with Gasteiger partial charge in [-0.25, -0.2) is 0 Å². The first kappa shape index (κ1) is 22.4. The lowest BCUT2D eigenvalue weighted by Gasteiger charge is -2.25. The number of allylic oxidation sites excluding steroid dienone is 1. The summed E-state index contributed by atoms with van der Waals surface area (Å²) >= 11 is 1.17. The van der Waals surface area contributed by atoms with Gasteiger partial charge in [0.15, 0.2) is 0 Å². The Morgan fingerprint density at radius 3 is 2.65 bits per heavy atom. The molecule has 6 nitrogen and oxygen atoms in total. The molecule has 1 unspecified atom stereocenters. The Morgan fingerprint density at radius 2 is 1.97 bits per heavy atom. The first-order valence-electron chi connectivity index (χ1n) is 10.2. The van der Waals surface area contributed by atoms with E-state index in [1.807, 2.05) is 62.4 Å². The second-order valence-electron chi connectivity index (χ2n) is 7.01. The quantitative estimate of drug-likeness (QED) is 0.643. The molecule has 2 amide bonds. The lowest BCUT2D eigenvalue weighted by atomic mass is 9.87. The Morgan fingerprint density at radius 1 is 1.23 bits per heavy atom. The summed E-state index contributed by atoms with van der Waals surface area (Å²) in [4.78, 5) is 24.8. The van der Waals surface area contributed by atoms with Crippen LogP contribution in [0.4, 0.5) is 5.69 Å². The van der Waals surface area contributed by atoms with Crippen LogP contribution < -0.4 is 15.4 Å². The van der Waals surface area contributed by atoms with Gasteiger partial charge >= 0.3 is 0 Å². The SMILES string of the molecule is CCOc1ccc(C2CC(=O)NC(SCC(=O)Nc3ccccc3CC)=C2C#N)cc1. The van der Waals surface area contributed by atoms with Gasteiger partial charge in [-0.3, -0.25) is 9.59 Å². The molecule has 7 heteroatoms. The molecule has 1 aliphatic heterocycles. The maximum absolute atomic E-state index is 12.5. The number of benzene rings is 2. The van der Waals surface area contributed by atoms with Crippen molar-refractivity contribution in [1.29, 1.82) is 5.26 Å². The number of hydrogen-bond acceptors (Lipinski definition) is 5. The molecular weight excluding hydrogens is 410 g/mol. The molecule has 0 spiro atoms. The molecule has 1 aliphatic rings. The van der Waals surface area contributed by atoms with E-state index in [0.29, 0.717) is 17.2 Å². The lowest BCUT2D eigenvalue weighted by Crippen LogP contribution is -2.31. The van der Waals surface area contributed by atoms with E-state index >= 15 is 0 Å². The molecule has 0 saturated carbocycles. The first-order chi connectivity index (χ1) is 15.0. The Bertz CT molecular complexity index is 1030. The van der Waals surface area contributed by atoms with Crippen molar-refractivity contribution in [3.63, 3.8) is 0 Å². The Kier molecular flexibility index (Phi) is 7.74. The van der Waals surface area contributed by atoms with Gasteiger partial charge in [0.25, 0.3) is 0 Å². The third-order valence-corrected chi connectivity index (χ3v) is 5.99. The summed E-state index contributed by atoms with van der Waals surface area (Å²) in [6, 6.07) is 17.3. The Labute approximate surface area is 186 Å². The van der Waals surface area contributed by atoms with Crippen molar-refractivity contribution < 1.29 is 14.3 Å². The Hall–Kier alpha value is -3.24. The van der Waals surface area contributed by atoms with E-state index in [1.54, 1.807) is 0 Å². The third-order valence-electron chi connectivity index (χ3n) is 4.97. The molecular formula is C24H25N3O3S. The minimum Gasteiger partial charge on any atom is -0.494 e. The van der Waals surface area contributed by atoms with Crippen molar-refractivity contribution in [2.75, 3.05) is 17.7 Å². The van der Waals surface area contributed by atoms with Gasteiger partial charge in [-0.2, -0.15) is 5.26 Å². The molecule has 0 fully saturated rings. The zero-order chi connectivity index (χ0) is 22.2. The summed E-state index contributed by atoms with van der Waals surface area (Å²) in [5.74, 6) is 0.133. The van der Waals surface area contributed by atoms with Crippen molar-refractivity contribution in [2.45, 2.75) is 32.6 Å². The summed E-state index contributed by atoms with van der Waals surface area (Å²) in [6.45, 7) is 4.51. The summed E-state index contributed by atoms with van der Waals surface area (Å²) in [6.07, 6.45) is 1.00. The number of thioether (sulfide) groups is 1. The number of ether oxygens (including phenoxy) is 1. The van der Waals surface area contributed by atoms with Crippen LogP contribution in [0.15, 0.2) is 59.1 Å². The normalized spacial score (nSPS) is 15.8. The zero-order valence-electron chi connectivity index (χ0n) is 17.6. The predicted molar refractivity (Wildman–Crippen MR) is 123 cm³/mol. The van der Waals surface area contributed by atoms with Gasteiger partial charge in [0, 0.05) is 18.0 Å². The average Bonchev–Trinajstić information content (AvgIpc) is 2.78. The number of para-hydroxylation sites is 1. The van der Waals surface area contributed by atoms with Crippen molar-refractivity contribution in [2.24, 2.45) is 0 Å². The fourth-order valence-electron chi connectivity index (χ4n) is 3.46. The number of anilines is 1. The predicted octanol–water partition coefficient (Wildman–Crippen LogP) is 4.36. The molecule has 0 radical (unpaired) electrons.